The molecule has 0 bridgehead atoms. The van der Waals surface area contributed by atoms with E-state index in [4.69, 9.17) is 0 Å². The van der Waals surface area contributed by atoms with Crippen LogP contribution in [0.15, 0.2) is 18.2 Å². The van der Waals surface area contributed by atoms with Crippen LogP contribution in [-0.4, -0.2) is 45.4 Å². The Kier molecular flexibility index (Phi) is 5.60. The third-order valence-corrected chi connectivity index (χ3v) is 6.61. The monoisotopic (exact) mass is 373 g/mol. The van der Waals surface area contributed by atoms with Gasteiger partial charge in [0, 0.05) is 44.5 Å². The van der Waals surface area contributed by atoms with Crippen molar-refractivity contribution in [1.82, 2.24) is 9.03 Å². The SMILES string of the molecule is C[C@H]1CCCN(S(=O)(=O)NC[C@@H]2CCN(c3ccc(F)c(F)c3)C2)C1. The lowest BCUT2D eigenvalue weighted by molar-refractivity contribution is 0.277. The maximum absolute atomic E-state index is 13.4. The lowest BCUT2D eigenvalue weighted by Crippen LogP contribution is -2.46. The molecule has 3 rings (SSSR count). The summed E-state index contributed by atoms with van der Waals surface area (Å²) in [5.74, 6) is -1.17. The molecular weight excluding hydrogens is 348 g/mol. The van der Waals surface area contributed by atoms with Gasteiger partial charge < -0.3 is 4.90 Å². The highest BCUT2D eigenvalue weighted by atomic mass is 32.2. The van der Waals surface area contributed by atoms with Gasteiger partial charge in [0.25, 0.3) is 10.2 Å². The topological polar surface area (TPSA) is 52.7 Å². The Morgan fingerprint density at radius 3 is 2.68 bits per heavy atom. The molecule has 0 aromatic heterocycles. The third kappa shape index (κ3) is 4.48. The normalized spacial score (nSPS) is 25.5. The summed E-state index contributed by atoms with van der Waals surface area (Å²) in [4.78, 5) is 1.96. The summed E-state index contributed by atoms with van der Waals surface area (Å²) in [7, 11) is -3.44. The summed E-state index contributed by atoms with van der Waals surface area (Å²) in [6.07, 6.45) is 2.78. The molecule has 1 N–H and O–H groups in total. The number of rotatable bonds is 5. The van der Waals surface area contributed by atoms with Gasteiger partial charge in [-0.1, -0.05) is 6.92 Å². The third-order valence-electron chi connectivity index (χ3n) is 5.07. The Bertz CT molecular complexity index is 714. The Hall–Kier alpha value is -1.25. The van der Waals surface area contributed by atoms with Crippen LogP contribution in [0.3, 0.4) is 0 Å². The quantitative estimate of drug-likeness (QED) is 0.862. The number of piperidine rings is 1. The summed E-state index contributed by atoms with van der Waals surface area (Å²) in [5.41, 5.74) is 0.633. The molecule has 2 atom stereocenters. The molecule has 1 aromatic rings. The zero-order valence-corrected chi connectivity index (χ0v) is 15.2. The second-order valence-corrected chi connectivity index (χ2v) is 8.91. The van der Waals surface area contributed by atoms with Crippen LogP contribution >= 0.6 is 0 Å². The van der Waals surface area contributed by atoms with Crippen LogP contribution in [0.4, 0.5) is 14.5 Å². The van der Waals surface area contributed by atoms with Crippen LogP contribution in [0.25, 0.3) is 0 Å². The van der Waals surface area contributed by atoms with Crippen LogP contribution in [-0.2, 0) is 10.2 Å². The molecule has 2 fully saturated rings. The van der Waals surface area contributed by atoms with E-state index >= 15 is 0 Å². The second-order valence-electron chi connectivity index (χ2n) is 7.16. The van der Waals surface area contributed by atoms with Crippen molar-refractivity contribution in [2.45, 2.75) is 26.2 Å². The summed E-state index contributed by atoms with van der Waals surface area (Å²) in [6, 6.07) is 3.87. The standard InChI is InChI=1S/C17H25F2N3O2S/c1-13-3-2-7-22(11-13)25(23,24)20-10-14-6-8-21(12-14)15-4-5-16(18)17(19)9-15/h4-5,9,13-14,20H,2-3,6-8,10-12H2,1H3/t13-,14-/m0/s1. The molecule has 2 heterocycles. The van der Waals surface area contributed by atoms with Gasteiger partial charge >= 0.3 is 0 Å². The van der Waals surface area contributed by atoms with Crippen molar-refractivity contribution < 1.29 is 17.2 Å². The van der Waals surface area contributed by atoms with Crippen LogP contribution in [0.1, 0.15) is 26.2 Å². The van der Waals surface area contributed by atoms with Crippen molar-refractivity contribution >= 4 is 15.9 Å². The number of nitrogens with one attached hydrogen (secondary N) is 1. The van der Waals surface area contributed by atoms with Gasteiger partial charge in [-0.2, -0.15) is 12.7 Å². The minimum Gasteiger partial charge on any atom is -0.371 e. The molecule has 0 radical (unpaired) electrons. The molecule has 25 heavy (non-hydrogen) atoms. The van der Waals surface area contributed by atoms with Gasteiger partial charge in [0.15, 0.2) is 11.6 Å². The van der Waals surface area contributed by atoms with Crippen LogP contribution in [0.2, 0.25) is 0 Å². The fraction of sp³-hybridized carbons (Fsp3) is 0.647. The number of halogens is 2. The maximum atomic E-state index is 13.4. The van der Waals surface area contributed by atoms with Crippen molar-refractivity contribution in [3.05, 3.63) is 29.8 Å². The first-order valence-electron chi connectivity index (χ1n) is 8.80. The summed E-state index contributed by atoms with van der Waals surface area (Å²) in [5, 5.41) is 0. The molecule has 8 heteroatoms. The van der Waals surface area contributed by atoms with E-state index in [0.717, 1.165) is 25.3 Å². The Morgan fingerprint density at radius 1 is 1.16 bits per heavy atom. The summed E-state index contributed by atoms with van der Waals surface area (Å²) < 4.78 is 55.5. The van der Waals surface area contributed by atoms with Gasteiger partial charge in [-0.3, -0.25) is 0 Å². The molecule has 2 saturated heterocycles. The zero-order valence-electron chi connectivity index (χ0n) is 14.4. The zero-order chi connectivity index (χ0) is 18.0. The minimum absolute atomic E-state index is 0.158. The molecule has 0 spiro atoms. The molecule has 2 aliphatic heterocycles. The average molecular weight is 373 g/mol. The van der Waals surface area contributed by atoms with Gasteiger partial charge in [0.1, 0.15) is 0 Å². The van der Waals surface area contributed by atoms with E-state index in [-0.39, 0.29) is 5.92 Å². The molecule has 2 aliphatic rings. The highest BCUT2D eigenvalue weighted by Crippen LogP contribution is 2.25. The first-order valence-corrected chi connectivity index (χ1v) is 10.2. The van der Waals surface area contributed by atoms with E-state index in [9.17, 15) is 17.2 Å². The Morgan fingerprint density at radius 2 is 1.96 bits per heavy atom. The molecule has 0 unspecified atom stereocenters. The minimum atomic E-state index is -3.44. The van der Waals surface area contributed by atoms with Crippen molar-refractivity contribution in [3.63, 3.8) is 0 Å². The molecule has 5 nitrogen and oxygen atoms in total. The van der Waals surface area contributed by atoms with E-state index in [1.807, 2.05) is 4.90 Å². The second kappa shape index (κ2) is 7.55. The Balaban J connectivity index is 1.53. The molecule has 140 valence electrons. The highest BCUT2D eigenvalue weighted by Gasteiger charge is 2.29. The van der Waals surface area contributed by atoms with E-state index < -0.39 is 21.8 Å². The van der Waals surface area contributed by atoms with E-state index in [0.29, 0.717) is 44.3 Å². The first-order chi connectivity index (χ1) is 11.8. The lowest BCUT2D eigenvalue weighted by atomic mass is 10.0. The summed E-state index contributed by atoms with van der Waals surface area (Å²) in [6.45, 7) is 4.92. The van der Waals surface area contributed by atoms with Crippen LogP contribution in [0, 0.1) is 23.5 Å². The fourth-order valence-corrected chi connectivity index (χ4v) is 5.04. The fourth-order valence-electron chi connectivity index (χ4n) is 3.59. The van der Waals surface area contributed by atoms with Crippen molar-refractivity contribution in [2.75, 3.05) is 37.6 Å². The van der Waals surface area contributed by atoms with Crippen molar-refractivity contribution in [3.8, 4) is 0 Å². The van der Waals surface area contributed by atoms with Crippen molar-refractivity contribution in [2.24, 2.45) is 11.8 Å². The number of hydrogen-bond acceptors (Lipinski definition) is 3. The predicted octanol–water partition coefficient (Wildman–Crippen LogP) is 2.36. The van der Waals surface area contributed by atoms with Gasteiger partial charge in [-0.05, 0) is 43.2 Å². The van der Waals surface area contributed by atoms with Gasteiger partial charge in [-0.25, -0.2) is 13.5 Å². The number of nitrogens with zero attached hydrogens (tertiary/aromatic N) is 2. The number of anilines is 1. The number of benzene rings is 1. The van der Waals surface area contributed by atoms with E-state index in [2.05, 4.69) is 11.6 Å². The van der Waals surface area contributed by atoms with Crippen molar-refractivity contribution in [1.29, 1.82) is 0 Å². The number of hydrogen-bond donors (Lipinski definition) is 1. The molecule has 0 amide bonds. The van der Waals surface area contributed by atoms with Gasteiger partial charge in [-0.15, -0.1) is 0 Å². The largest absolute Gasteiger partial charge is 0.371 e. The predicted molar refractivity (Wildman–Crippen MR) is 93.6 cm³/mol. The highest BCUT2D eigenvalue weighted by molar-refractivity contribution is 7.87. The first kappa shape index (κ1) is 18.5. The van der Waals surface area contributed by atoms with Gasteiger partial charge in [0.05, 0.1) is 0 Å². The summed E-state index contributed by atoms with van der Waals surface area (Å²) >= 11 is 0. The molecule has 1 aromatic carbocycles. The smallest absolute Gasteiger partial charge is 0.279 e. The molecular formula is C17H25F2N3O2S. The van der Waals surface area contributed by atoms with E-state index in [1.165, 1.54) is 10.4 Å². The maximum Gasteiger partial charge on any atom is 0.279 e. The Labute approximate surface area is 148 Å². The van der Waals surface area contributed by atoms with E-state index in [1.54, 1.807) is 6.07 Å². The van der Waals surface area contributed by atoms with Crippen LogP contribution < -0.4 is 9.62 Å². The lowest BCUT2D eigenvalue weighted by Gasteiger charge is -2.30. The van der Waals surface area contributed by atoms with Crippen LogP contribution in [0.5, 0.6) is 0 Å². The molecule has 0 saturated carbocycles. The van der Waals surface area contributed by atoms with Gasteiger partial charge in [0.2, 0.25) is 0 Å². The molecule has 0 aliphatic carbocycles. The average Bonchev–Trinajstić information content (AvgIpc) is 3.05.